The van der Waals surface area contributed by atoms with Gasteiger partial charge in [-0.25, -0.2) is 4.79 Å². The first-order valence-electron chi connectivity index (χ1n) is 10.5. The maximum Gasteiger partial charge on any atom is 0.335 e. The van der Waals surface area contributed by atoms with Crippen molar-refractivity contribution in [1.82, 2.24) is 9.47 Å². The summed E-state index contributed by atoms with van der Waals surface area (Å²) in [5.41, 5.74) is 2.61. The van der Waals surface area contributed by atoms with E-state index in [1.807, 2.05) is 31.3 Å². The minimum atomic E-state index is -0.976. The molecule has 182 valence electrons. The molecular weight excluding hydrogens is 499 g/mol. The van der Waals surface area contributed by atoms with Crippen molar-refractivity contribution in [3.8, 4) is 5.75 Å². The van der Waals surface area contributed by atoms with Crippen LogP contribution in [0.15, 0.2) is 59.4 Å². The number of carboxylic acids is 1. The second-order valence-corrected chi connectivity index (χ2v) is 8.67. The van der Waals surface area contributed by atoms with Crippen molar-refractivity contribution in [3.63, 3.8) is 0 Å². The minimum absolute atomic E-state index is 0. The van der Waals surface area contributed by atoms with Gasteiger partial charge in [-0.05, 0) is 61.9 Å². The van der Waals surface area contributed by atoms with Crippen molar-refractivity contribution in [2.45, 2.75) is 32.5 Å². The van der Waals surface area contributed by atoms with Gasteiger partial charge < -0.3 is 14.4 Å². The third kappa shape index (κ3) is 6.54. The lowest BCUT2D eigenvalue weighted by atomic mass is 10.1. The highest BCUT2D eigenvalue weighted by Crippen LogP contribution is 2.26. The first-order valence-corrected chi connectivity index (χ1v) is 11.2. The molecule has 1 atom stereocenters. The number of aromatic carboxylic acids is 1. The summed E-state index contributed by atoms with van der Waals surface area (Å²) in [6.45, 7) is 2.89. The second kappa shape index (κ2) is 12.3. The number of ether oxygens (including phenoxy) is 1. The summed E-state index contributed by atoms with van der Waals surface area (Å²) in [6, 6.07) is 16.0. The van der Waals surface area contributed by atoms with Crippen LogP contribution >= 0.6 is 35.6 Å². The molecule has 0 radical (unpaired) electrons. The largest absolute Gasteiger partial charge is 0.497 e. The lowest BCUT2D eigenvalue weighted by Crippen LogP contribution is -2.30. The molecule has 2 aromatic carbocycles. The predicted octanol–water partition coefficient (Wildman–Crippen LogP) is 5.72. The summed E-state index contributed by atoms with van der Waals surface area (Å²) in [5, 5.41) is 9.56. The van der Waals surface area contributed by atoms with E-state index in [-0.39, 0.29) is 34.6 Å². The predicted molar refractivity (Wildman–Crippen MR) is 138 cm³/mol. The van der Waals surface area contributed by atoms with Gasteiger partial charge in [0.2, 0.25) is 0 Å². The standard InChI is InChI=1S/C25H26Cl2N2O4.ClH/c1-16(18-8-10-20(33-3)11-9-18)28(2)15-23-21(26)14-22(27)24(30)29(23)13-12-17-4-6-19(7-5-17)25(31)32;/h4-11,14,16H,12-13,15H2,1-3H3,(H,31,32);1H. The molecule has 0 fully saturated rings. The molecule has 1 N–H and O–H groups in total. The lowest BCUT2D eigenvalue weighted by molar-refractivity contribution is 0.0697. The van der Waals surface area contributed by atoms with E-state index >= 15 is 0 Å². The summed E-state index contributed by atoms with van der Waals surface area (Å²) < 4.78 is 6.84. The van der Waals surface area contributed by atoms with E-state index in [1.54, 1.807) is 35.9 Å². The van der Waals surface area contributed by atoms with Crippen LogP contribution in [-0.4, -0.2) is 34.7 Å². The van der Waals surface area contributed by atoms with Crippen molar-refractivity contribution in [2.24, 2.45) is 0 Å². The fraction of sp³-hybridized carbons (Fsp3) is 0.280. The Hall–Kier alpha value is -2.51. The number of aromatic nitrogens is 1. The zero-order chi connectivity index (χ0) is 24.1. The van der Waals surface area contributed by atoms with E-state index in [1.165, 1.54) is 6.07 Å². The number of carbonyl (C=O) groups is 1. The first kappa shape index (κ1) is 27.7. The molecule has 1 unspecified atom stereocenters. The van der Waals surface area contributed by atoms with E-state index in [4.69, 9.17) is 33.0 Å². The van der Waals surface area contributed by atoms with Crippen LogP contribution in [0.1, 0.15) is 40.1 Å². The fourth-order valence-corrected chi connectivity index (χ4v) is 4.14. The molecule has 0 aliphatic rings. The number of hydrogen-bond acceptors (Lipinski definition) is 4. The summed E-state index contributed by atoms with van der Waals surface area (Å²) in [4.78, 5) is 26.0. The molecule has 1 heterocycles. The Kier molecular flexibility index (Phi) is 10.0. The van der Waals surface area contributed by atoms with Gasteiger partial charge in [0.1, 0.15) is 10.8 Å². The van der Waals surface area contributed by atoms with Gasteiger partial charge in [0.05, 0.1) is 23.4 Å². The minimum Gasteiger partial charge on any atom is -0.497 e. The molecular formula is C25H27Cl3N2O4. The Morgan fingerprint density at radius 2 is 1.71 bits per heavy atom. The molecule has 9 heteroatoms. The van der Waals surface area contributed by atoms with Crippen LogP contribution in [0.4, 0.5) is 0 Å². The van der Waals surface area contributed by atoms with Crippen molar-refractivity contribution < 1.29 is 14.6 Å². The van der Waals surface area contributed by atoms with Gasteiger partial charge in [0.15, 0.2) is 0 Å². The Labute approximate surface area is 215 Å². The topological polar surface area (TPSA) is 71.8 Å². The molecule has 3 rings (SSSR count). The zero-order valence-corrected chi connectivity index (χ0v) is 21.5. The van der Waals surface area contributed by atoms with Crippen molar-refractivity contribution >= 4 is 41.6 Å². The van der Waals surface area contributed by atoms with Gasteiger partial charge in [-0.3, -0.25) is 9.69 Å². The smallest absolute Gasteiger partial charge is 0.335 e. The summed E-state index contributed by atoms with van der Waals surface area (Å²) >= 11 is 12.7. The van der Waals surface area contributed by atoms with E-state index in [0.717, 1.165) is 16.9 Å². The molecule has 1 aromatic heterocycles. The molecule has 0 bridgehead atoms. The van der Waals surface area contributed by atoms with Gasteiger partial charge in [-0.2, -0.15) is 0 Å². The number of methoxy groups -OCH3 is 1. The molecule has 0 aliphatic carbocycles. The molecule has 34 heavy (non-hydrogen) atoms. The van der Waals surface area contributed by atoms with Crippen LogP contribution in [0.25, 0.3) is 0 Å². The van der Waals surface area contributed by atoms with Gasteiger partial charge in [0.25, 0.3) is 5.56 Å². The van der Waals surface area contributed by atoms with Crippen molar-refractivity contribution in [1.29, 1.82) is 0 Å². The van der Waals surface area contributed by atoms with Crippen LogP contribution in [-0.2, 0) is 19.5 Å². The number of carboxylic acid groups (broad SMARTS) is 1. The maximum absolute atomic E-state index is 12.9. The number of rotatable bonds is 9. The molecule has 3 aromatic rings. The first-order chi connectivity index (χ1) is 15.7. The highest BCUT2D eigenvalue weighted by atomic mass is 35.5. The number of aryl methyl sites for hydroxylation is 1. The summed E-state index contributed by atoms with van der Waals surface area (Å²) in [7, 11) is 3.60. The van der Waals surface area contributed by atoms with E-state index < -0.39 is 5.97 Å². The van der Waals surface area contributed by atoms with Crippen molar-refractivity contribution in [3.05, 3.63) is 97.4 Å². The SMILES string of the molecule is COc1ccc(C(C)N(C)Cc2c(Cl)cc(Cl)c(=O)n2CCc2ccc(C(=O)O)cc2)cc1.Cl. The maximum atomic E-state index is 12.9. The molecule has 6 nitrogen and oxygen atoms in total. The van der Waals surface area contributed by atoms with Crippen LogP contribution < -0.4 is 10.3 Å². The van der Waals surface area contributed by atoms with Crippen LogP contribution in [0.5, 0.6) is 5.75 Å². The van der Waals surface area contributed by atoms with Crippen LogP contribution in [0, 0.1) is 0 Å². The number of benzene rings is 2. The van der Waals surface area contributed by atoms with Gasteiger partial charge in [-0.15, -0.1) is 12.4 Å². The van der Waals surface area contributed by atoms with E-state index in [9.17, 15) is 9.59 Å². The average molecular weight is 526 g/mol. The Bertz CT molecular complexity index is 1180. The van der Waals surface area contributed by atoms with Gasteiger partial charge in [-0.1, -0.05) is 47.5 Å². The third-order valence-electron chi connectivity index (χ3n) is 5.79. The quantitative estimate of drug-likeness (QED) is 0.387. The summed E-state index contributed by atoms with van der Waals surface area (Å²) in [5.74, 6) is -0.185. The Morgan fingerprint density at radius 3 is 2.26 bits per heavy atom. The monoisotopic (exact) mass is 524 g/mol. The van der Waals surface area contributed by atoms with Gasteiger partial charge in [0, 0.05) is 19.1 Å². The van der Waals surface area contributed by atoms with Gasteiger partial charge >= 0.3 is 5.97 Å². The van der Waals surface area contributed by atoms with Crippen molar-refractivity contribution in [2.75, 3.05) is 14.2 Å². The highest BCUT2D eigenvalue weighted by molar-refractivity contribution is 6.34. The normalized spacial score (nSPS) is 11.7. The lowest BCUT2D eigenvalue weighted by Gasteiger charge is -2.27. The molecule has 0 saturated carbocycles. The molecule has 0 saturated heterocycles. The second-order valence-electron chi connectivity index (χ2n) is 7.86. The number of halogens is 3. The molecule has 0 amide bonds. The van der Waals surface area contributed by atoms with Crippen LogP contribution in [0.3, 0.4) is 0 Å². The summed E-state index contributed by atoms with van der Waals surface area (Å²) in [6.07, 6.45) is 0.529. The fourth-order valence-electron chi connectivity index (χ4n) is 3.60. The number of hydrogen-bond donors (Lipinski definition) is 1. The third-order valence-corrected chi connectivity index (χ3v) is 6.39. The highest BCUT2D eigenvalue weighted by Gasteiger charge is 2.18. The number of pyridine rings is 1. The van der Waals surface area contributed by atoms with E-state index in [2.05, 4.69) is 11.8 Å². The molecule has 0 spiro atoms. The number of nitrogens with zero attached hydrogens (tertiary/aromatic N) is 2. The van der Waals surface area contributed by atoms with E-state index in [0.29, 0.717) is 30.2 Å². The average Bonchev–Trinajstić information content (AvgIpc) is 2.82. The zero-order valence-electron chi connectivity index (χ0n) is 19.1. The Balaban J connectivity index is 0.00000408. The Morgan fingerprint density at radius 1 is 1.09 bits per heavy atom. The molecule has 0 aliphatic heterocycles. The van der Waals surface area contributed by atoms with Crippen LogP contribution in [0.2, 0.25) is 10.0 Å².